The minimum absolute atomic E-state index is 0.115. The average Bonchev–Trinajstić information content (AvgIpc) is 3.54. The van der Waals surface area contributed by atoms with Gasteiger partial charge in [-0.3, -0.25) is 9.59 Å². The van der Waals surface area contributed by atoms with Crippen LogP contribution in [-0.2, 0) is 12.8 Å². The topological polar surface area (TPSA) is 78.3 Å². The van der Waals surface area contributed by atoms with Gasteiger partial charge in [-0.15, -0.1) is 0 Å². The summed E-state index contributed by atoms with van der Waals surface area (Å²) in [7, 11) is 0. The van der Waals surface area contributed by atoms with Crippen LogP contribution < -0.4 is 15.8 Å². The molecule has 1 aliphatic rings. The van der Waals surface area contributed by atoms with Crippen LogP contribution in [0.5, 0.6) is 0 Å². The number of furan rings is 1. The van der Waals surface area contributed by atoms with Crippen molar-refractivity contribution in [2.45, 2.75) is 39.0 Å². The second-order valence-electron chi connectivity index (χ2n) is 9.01. The summed E-state index contributed by atoms with van der Waals surface area (Å²) in [6.07, 6.45) is 6.71. The maximum Gasteiger partial charge on any atom is 0.257 e. The number of hydrogen-bond donors (Lipinski definition) is 2. The summed E-state index contributed by atoms with van der Waals surface area (Å²) in [6, 6.07) is 17.3. The molecule has 1 amide bonds. The van der Waals surface area contributed by atoms with Crippen LogP contribution in [-0.4, -0.2) is 24.0 Å². The van der Waals surface area contributed by atoms with Crippen molar-refractivity contribution in [1.82, 2.24) is 4.98 Å². The van der Waals surface area contributed by atoms with E-state index in [9.17, 15) is 9.59 Å². The smallest absolute Gasteiger partial charge is 0.257 e. The summed E-state index contributed by atoms with van der Waals surface area (Å²) >= 11 is 0. The number of hydrogen-bond acceptors (Lipinski definition) is 4. The lowest BCUT2D eigenvalue weighted by Gasteiger charge is -2.22. The van der Waals surface area contributed by atoms with Gasteiger partial charge in [-0.05, 0) is 86.2 Å². The molecule has 2 aromatic carbocycles. The van der Waals surface area contributed by atoms with E-state index in [0.29, 0.717) is 11.3 Å². The molecule has 1 saturated heterocycles. The van der Waals surface area contributed by atoms with Gasteiger partial charge in [0.25, 0.3) is 5.91 Å². The number of rotatable bonds is 7. The summed E-state index contributed by atoms with van der Waals surface area (Å²) in [5.41, 5.74) is 5.07. The molecule has 0 radical (unpaired) electrons. The van der Waals surface area contributed by atoms with Crippen molar-refractivity contribution in [2.24, 2.45) is 0 Å². The number of aryl methyl sites for hydroxylation is 3. The molecule has 2 N–H and O–H groups in total. The van der Waals surface area contributed by atoms with Crippen molar-refractivity contribution in [2.75, 3.05) is 23.3 Å². The van der Waals surface area contributed by atoms with E-state index in [-0.39, 0.29) is 11.5 Å². The Morgan fingerprint density at radius 3 is 2.71 bits per heavy atom. The summed E-state index contributed by atoms with van der Waals surface area (Å²) in [6.45, 7) is 3.85. The van der Waals surface area contributed by atoms with Crippen LogP contribution in [0.3, 0.4) is 0 Å². The number of H-pyrrole nitrogens is 1. The van der Waals surface area contributed by atoms with Crippen molar-refractivity contribution in [1.29, 1.82) is 0 Å². The maximum absolute atomic E-state index is 13.5. The maximum atomic E-state index is 13.5. The number of amides is 1. The van der Waals surface area contributed by atoms with Gasteiger partial charge in [0, 0.05) is 47.9 Å². The Labute approximate surface area is 198 Å². The van der Waals surface area contributed by atoms with Gasteiger partial charge in [-0.25, -0.2) is 0 Å². The second-order valence-corrected chi connectivity index (χ2v) is 9.01. The normalized spacial score (nSPS) is 13.5. The summed E-state index contributed by atoms with van der Waals surface area (Å²) < 4.78 is 5.44. The van der Waals surface area contributed by atoms with E-state index >= 15 is 0 Å². The predicted molar refractivity (Wildman–Crippen MR) is 136 cm³/mol. The molecule has 1 aliphatic heterocycles. The minimum atomic E-state index is -0.124. The number of aromatic nitrogens is 1. The molecule has 34 heavy (non-hydrogen) atoms. The molecule has 0 bridgehead atoms. The Morgan fingerprint density at radius 1 is 1.06 bits per heavy atom. The summed E-state index contributed by atoms with van der Waals surface area (Å²) in [5, 5.41) is 4.01. The molecule has 6 heteroatoms. The Hall–Kier alpha value is -3.80. The highest BCUT2D eigenvalue weighted by atomic mass is 16.3. The number of carbonyl (C=O) groups excluding carboxylic acids is 1. The number of carbonyl (C=O) groups is 1. The van der Waals surface area contributed by atoms with E-state index in [1.54, 1.807) is 12.3 Å². The van der Waals surface area contributed by atoms with Gasteiger partial charge in [0.2, 0.25) is 5.56 Å². The molecule has 5 rings (SSSR count). The Balaban J connectivity index is 1.39. The van der Waals surface area contributed by atoms with Gasteiger partial charge in [-0.2, -0.15) is 0 Å². The molecule has 0 spiro atoms. The van der Waals surface area contributed by atoms with Crippen molar-refractivity contribution >= 4 is 28.2 Å². The van der Waals surface area contributed by atoms with Crippen LogP contribution in [0.25, 0.3) is 10.9 Å². The third kappa shape index (κ3) is 4.76. The first kappa shape index (κ1) is 22.0. The highest BCUT2D eigenvalue weighted by Crippen LogP contribution is 2.28. The zero-order valence-corrected chi connectivity index (χ0v) is 19.4. The Kier molecular flexibility index (Phi) is 6.21. The van der Waals surface area contributed by atoms with Crippen molar-refractivity contribution < 1.29 is 9.21 Å². The Morgan fingerprint density at radius 2 is 1.91 bits per heavy atom. The standard InChI is InChI=1S/C28H29N3O3/c1-19-16-27(32)30-25-11-10-21(18-23(19)25)29-28(33)24-17-20(6-4-7-22-8-5-15-34-22)9-12-26(24)31-13-2-3-14-31/h5,8-12,15-18H,2-4,6-7,13-14H2,1H3,(H,29,33)(H,30,32). The van der Waals surface area contributed by atoms with Gasteiger partial charge in [-0.1, -0.05) is 6.07 Å². The average molecular weight is 456 g/mol. The lowest BCUT2D eigenvalue weighted by atomic mass is 10.0. The van der Waals surface area contributed by atoms with E-state index in [2.05, 4.69) is 27.3 Å². The molecule has 4 aromatic rings. The number of anilines is 2. The molecule has 0 atom stereocenters. The van der Waals surface area contributed by atoms with Crippen LogP contribution in [0.15, 0.2) is 70.1 Å². The first-order valence-corrected chi connectivity index (χ1v) is 11.9. The molecular weight excluding hydrogens is 426 g/mol. The lowest BCUT2D eigenvalue weighted by Crippen LogP contribution is -2.23. The van der Waals surface area contributed by atoms with Crippen molar-refractivity contribution in [3.8, 4) is 0 Å². The number of aromatic amines is 1. The first-order valence-electron chi connectivity index (χ1n) is 11.9. The predicted octanol–water partition coefficient (Wildman–Crippen LogP) is 5.46. The molecule has 0 unspecified atom stereocenters. The fourth-order valence-corrected chi connectivity index (χ4v) is 4.77. The van der Waals surface area contributed by atoms with Crippen LogP contribution in [0, 0.1) is 6.92 Å². The third-order valence-electron chi connectivity index (χ3n) is 6.53. The van der Waals surface area contributed by atoms with Gasteiger partial charge < -0.3 is 19.6 Å². The number of fused-ring (bicyclic) bond motifs is 1. The van der Waals surface area contributed by atoms with E-state index in [0.717, 1.165) is 78.7 Å². The number of benzene rings is 2. The van der Waals surface area contributed by atoms with Gasteiger partial charge in [0.15, 0.2) is 0 Å². The molecule has 174 valence electrons. The number of nitrogens with one attached hydrogen (secondary N) is 2. The Bertz CT molecular complexity index is 1370. The van der Waals surface area contributed by atoms with Crippen molar-refractivity contribution in [3.05, 3.63) is 93.7 Å². The molecule has 3 heterocycles. The highest BCUT2D eigenvalue weighted by molar-refractivity contribution is 6.09. The zero-order chi connectivity index (χ0) is 23.5. The molecule has 6 nitrogen and oxygen atoms in total. The van der Waals surface area contributed by atoms with Crippen LogP contribution >= 0.6 is 0 Å². The van der Waals surface area contributed by atoms with Crippen LogP contribution in [0.4, 0.5) is 11.4 Å². The summed E-state index contributed by atoms with van der Waals surface area (Å²) in [4.78, 5) is 30.4. The number of nitrogens with zero attached hydrogens (tertiary/aromatic N) is 1. The SMILES string of the molecule is Cc1cc(=O)[nH]c2ccc(NC(=O)c3cc(CCCc4ccco4)ccc3N3CCCC3)cc12. The van der Waals surface area contributed by atoms with Crippen LogP contribution in [0.1, 0.15) is 46.5 Å². The molecule has 2 aromatic heterocycles. The first-order chi connectivity index (χ1) is 16.6. The second kappa shape index (κ2) is 9.59. The third-order valence-corrected chi connectivity index (χ3v) is 6.53. The van der Waals surface area contributed by atoms with E-state index < -0.39 is 0 Å². The minimum Gasteiger partial charge on any atom is -0.469 e. The summed E-state index contributed by atoms with van der Waals surface area (Å²) in [5.74, 6) is 0.871. The highest BCUT2D eigenvalue weighted by Gasteiger charge is 2.20. The van der Waals surface area contributed by atoms with E-state index in [1.807, 2.05) is 43.3 Å². The molecular formula is C28H29N3O3. The van der Waals surface area contributed by atoms with Crippen molar-refractivity contribution in [3.63, 3.8) is 0 Å². The molecule has 0 saturated carbocycles. The molecule has 1 fully saturated rings. The van der Waals surface area contributed by atoms with Gasteiger partial charge in [0.1, 0.15) is 5.76 Å². The van der Waals surface area contributed by atoms with Gasteiger partial charge >= 0.3 is 0 Å². The van der Waals surface area contributed by atoms with Crippen LogP contribution in [0.2, 0.25) is 0 Å². The zero-order valence-electron chi connectivity index (χ0n) is 19.4. The fraction of sp³-hybridized carbons (Fsp3) is 0.286. The number of pyridine rings is 1. The fourth-order valence-electron chi connectivity index (χ4n) is 4.77. The quantitative estimate of drug-likeness (QED) is 0.388. The van der Waals surface area contributed by atoms with Gasteiger partial charge in [0.05, 0.1) is 11.8 Å². The van der Waals surface area contributed by atoms with E-state index in [4.69, 9.17) is 4.42 Å². The monoisotopic (exact) mass is 455 g/mol. The lowest BCUT2D eigenvalue weighted by molar-refractivity contribution is 0.102. The largest absolute Gasteiger partial charge is 0.469 e. The van der Waals surface area contributed by atoms with E-state index in [1.165, 1.54) is 0 Å². The molecule has 0 aliphatic carbocycles.